The van der Waals surface area contributed by atoms with Gasteiger partial charge in [-0.1, -0.05) is 133 Å². The molecule has 0 N–H and O–H groups in total. The molecule has 0 bridgehead atoms. The van der Waals surface area contributed by atoms with E-state index in [-0.39, 0.29) is 0 Å². The van der Waals surface area contributed by atoms with Gasteiger partial charge in [0.1, 0.15) is 11.2 Å². The Morgan fingerprint density at radius 3 is 1.81 bits per heavy atom. The predicted molar refractivity (Wildman–Crippen MR) is 217 cm³/mol. The Morgan fingerprint density at radius 1 is 0.365 bits per heavy atom. The Hall–Kier alpha value is -6.69. The number of thiophene rings is 1. The zero-order valence-corrected chi connectivity index (χ0v) is 28.6. The Labute approximate surface area is 302 Å². The summed E-state index contributed by atoms with van der Waals surface area (Å²) in [6.45, 7) is 0. The van der Waals surface area contributed by atoms with Crippen molar-refractivity contribution in [2.75, 3.05) is 0 Å². The van der Waals surface area contributed by atoms with E-state index < -0.39 is 0 Å². The Morgan fingerprint density at radius 2 is 0.942 bits per heavy atom. The summed E-state index contributed by atoms with van der Waals surface area (Å²) in [5.74, 6) is 1.85. The summed E-state index contributed by atoms with van der Waals surface area (Å²) in [5, 5.41) is 9.22. The maximum atomic E-state index is 6.29. The molecule has 242 valence electrons. The van der Waals surface area contributed by atoms with Crippen LogP contribution in [0.4, 0.5) is 0 Å². The zero-order chi connectivity index (χ0) is 34.2. The van der Waals surface area contributed by atoms with Crippen LogP contribution >= 0.6 is 11.3 Å². The number of para-hydroxylation sites is 1. The highest BCUT2D eigenvalue weighted by molar-refractivity contribution is 7.26. The van der Waals surface area contributed by atoms with Crippen molar-refractivity contribution in [3.8, 4) is 45.3 Å². The van der Waals surface area contributed by atoms with Crippen LogP contribution in [0.15, 0.2) is 168 Å². The minimum Gasteiger partial charge on any atom is -0.456 e. The van der Waals surface area contributed by atoms with E-state index in [0.717, 1.165) is 60.2 Å². The quantitative estimate of drug-likeness (QED) is 0.185. The second kappa shape index (κ2) is 11.4. The molecule has 0 fully saturated rings. The largest absolute Gasteiger partial charge is 0.456 e. The third kappa shape index (κ3) is 4.50. The van der Waals surface area contributed by atoms with E-state index in [9.17, 15) is 0 Å². The van der Waals surface area contributed by atoms with E-state index in [2.05, 4.69) is 140 Å². The molecule has 0 aliphatic heterocycles. The summed E-state index contributed by atoms with van der Waals surface area (Å²) in [4.78, 5) is 15.6. The number of fused-ring (bicyclic) bond motifs is 8. The van der Waals surface area contributed by atoms with Gasteiger partial charge in [-0.2, -0.15) is 0 Å². The first-order valence-corrected chi connectivity index (χ1v) is 18.2. The average molecular weight is 682 g/mol. The molecule has 3 heterocycles. The molecule has 0 amide bonds. The fourth-order valence-electron chi connectivity index (χ4n) is 7.72. The van der Waals surface area contributed by atoms with Crippen LogP contribution in [0.1, 0.15) is 0 Å². The number of rotatable bonds is 4. The fourth-order valence-corrected chi connectivity index (χ4v) is 8.95. The molecule has 0 saturated heterocycles. The molecule has 0 radical (unpaired) electrons. The van der Waals surface area contributed by atoms with Crippen LogP contribution in [0, 0.1) is 0 Å². The molecule has 0 atom stereocenters. The molecule has 8 aromatic carbocycles. The first-order chi connectivity index (χ1) is 25.8. The monoisotopic (exact) mass is 681 g/mol. The Kier molecular flexibility index (Phi) is 6.39. The van der Waals surface area contributed by atoms with E-state index in [1.54, 1.807) is 0 Å². The topological polar surface area (TPSA) is 51.8 Å². The van der Waals surface area contributed by atoms with Gasteiger partial charge in [0, 0.05) is 53.2 Å². The van der Waals surface area contributed by atoms with Gasteiger partial charge in [-0.15, -0.1) is 11.3 Å². The van der Waals surface area contributed by atoms with Gasteiger partial charge in [0.05, 0.1) is 0 Å². The van der Waals surface area contributed by atoms with Crippen molar-refractivity contribution in [3.63, 3.8) is 0 Å². The van der Waals surface area contributed by atoms with E-state index in [0.29, 0.717) is 17.5 Å². The normalized spacial score (nSPS) is 11.8. The lowest BCUT2D eigenvalue weighted by Crippen LogP contribution is -2.01. The van der Waals surface area contributed by atoms with Crippen LogP contribution in [0.3, 0.4) is 0 Å². The summed E-state index contributed by atoms with van der Waals surface area (Å²) < 4.78 is 8.89. The van der Waals surface area contributed by atoms with Crippen LogP contribution < -0.4 is 0 Å². The molecule has 52 heavy (non-hydrogen) atoms. The lowest BCUT2D eigenvalue weighted by Gasteiger charge is -2.14. The lowest BCUT2D eigenvalue weighted by molar-refractivity contribution is 0.669. The molecule has 0 aliphatic carbocycles. The second-order valence-electron chi connectivity index (χ2n) is 13.1. The Bertz CT molecular complexity index is 3210. The summed E-state index contributed by atoms with van der Waals surface area (Å²) in [5.41, 5.74) is 6.87. The molecular formula is C47H27N3OS. The SMILES string of the molecule is c1ccc2c(-c3nc(-c4ccc5c(c4)oc4ccccc45)nc(-c4ccc(-c5cccc6c5sc5ccccc56)c5ccccc45)n3)cccc2c1. The molecule has 0 spiro atoms. The van der Waals surface area contributed by atoms with Gasteiger partial charge in [0.2, 0.25) is 0 Å². The van der Waals surface area contributed by atoms with Crippen LogP contribution in [-0.2, 0) is 0 Å². The molecule has 11 rings (SSSR count). The molecule has 0 unspecified atom stereocenters. The fraction of sp³-hybridized carbons (Fsp3) is 0. The first kappa shape index (κ1) is 29.1. The minimum atomic E-state index is 0.596. The third-order valence-corrected chi connectivity index (χ3v) is 11.4. The molecule has 3 aromatic heterocycles. The highest BCUT2D eigenvalue weighted by Gasteiger charge is 2.19. The molecule has 11 aromatic rings. The lowest BCUT2D eigenvalue weighted by atomic mass is 9.94. The highest BCUT2D eigenvalue weighted by atomic mass is 32.1. The van der Waals surface area contributed by atoms with E-state index in [4.69, 9.17) is 19.4 Å². The third-order valence-electron chi connectivity index (χ3n) is 10.2. The zero-order valence-electron chi connectivity index (χ0n) is 27.7. The van der Waals surface area contributed by atoms with Crippen molar-refractivity contribution < 1.29 is 4.42 Å². The number of hydrogen-bond donors (Lipinski definition) is 0. The van der Waals surface area contributed by atoms with Crippen molar-refractivity contribution >= 4 is 75.0 Å². The standard InChI is InChI=1S/C47H27N3OS/c1-2-13-30-28(11-1)12-9-20-39(30)46-48-45(29-23-24-35-34-16-5-7-21-41(34)51-42(35)27-29)49-47(50-46)40-26-25-33(31-14-3-4-15-32(31)40)37-18-10-19-38-36-17-6-8-22-43(36)52-44(37)38/h1-27H. The summed E-state index contributed by atoms with van der Waals surface area (Å²) in [6.07, 6.45) is 0. The van der Waals surface area contributed by atoms with E-state index in [1.165, 1.54) is 31.3 Å². The molecule has 0 aliphatic rings. The van der Waals surface area contributed by atoms with Crippen molar-refractivity contribution in [2.24, 2.45) is 0 Å². The second-order valence-corrected chi connectivity index (χ2v) is 14.2. The van der Waals surface area contributed by atoms with Crippen molar-refractivity contribution in [3.05, 3.63) is 164 Å². The van der Waals surface area contributed by atoms with Crippen LogP contribution in [0.2, 0.25) is 0 Å². The van der Waals surface area contributed by atoms with Gasteiger partial charge in [0.25, 0.3) is 0 Å². The number of hydrogen-bond acceptors (Lipinski definition) is 5. The van der Waals surface area contributed by atoms with Gasteiger partial charge >= 0.3 is 0 Å². The van der Waals surface area contributed by atoms with Gasteiger partial charge in [0.15, 0.2) is 17.5 Å². The minimum absolute atomic E-state index is 0.596. The molecular weight excluding hydrogens is 655 g/mol. The smallest absolute Gasteiger partial charge is 0.164 e. The Balaban J connectivity index is 1.15. The summed E-state index contributed by atoms with van der Waals surface area (Å²) in [6, 6.07) is 57.4. The number of benzene rings is 8. The van der Waals surface area contributed by atoms with E-state index in [1.807, 2.05) is 35.6 Å². The van der Waals surface area contributed by atoms with Gasteiger partial charge < -0.3 is 4.42 Å². The van der Waals surface area contributed by atoms with Gasteiger partial charge in [-0.25, -0.2) is 15.0 Å². The maximum Gasteiger partial charge on any atom is 0.164 e. The number of furan rings is 1. The maximum absolute atomic E-state index is 6.29. The number of nitrogens with zero attached hydrogens (tertiary/aromatic N) is 3. The van der Waals surface area contributed by atoms with Crippen molar-refractivity contribution in [1.82, 2.24) is 15.0 Å². The molecule has 5 heteroatoms. The number of aromatic nitrogens is 3. The summed E-state index contributed by atoms with van der Waals surface area (Å²) in [7, 11) is 0. The molecule has 4 nitrogen and oxygen atoms in total. The summed E-state index contributed by atoms with van der Waals surface area (Å²) >= 11 is 1.85. The van der Waals surface area contributed by atoms with Gasteiger partial charge in [-0.3, -0.25) is 0 Å². The molecule has 0 saturated carbocycles. The predicted octanol–water partition coefficient (Wildman–Crippen LogP) is 13.1. The van der Waals surface area contributed by atoms with Crippen LogP contribution in [0.25, 0.3) is 109 Å². The van der Waals surface area contributed by atoms with Gasteiger partial charge in [-0.05, 0) is 57.4 Å². The van der Waals surface area contributed by atoms with Crippen LogP contribution in [0.5, 0.6) is 0 Å². The first-order valence-electron chi connectivity index (χ1n) is 17.4. The highest BCUT2D eigenvalue weighted by Crippen LogP contribution is 2.43. The van der Waals surface area contributed by atoms with E-state index >= 15 is 0 Å². The average Bonchev–Trinajstić information content (AvgIpc) is 3.78. The van der Waals surface area contributed by atoms with Crippen molar-refractivity contribution in [1.29, 1.82) is 0 Å². The van der Waals surface area contributed by atoms with Crippen LogP contribution in [-0.4, -0.2) is 15.0 Å². The van der Waals surface area contributed by atoms with Crippen molar-refractivity contribution in [2.45, 2.75) is 0 Å².